The third-order valence-corrected chi connectivity index (χ3v) is 3.09. The van der Waals surface area contributed by atoms with Crippen molar-refractivity contribution in [3.63, 3.8) is 0 Å². The first-order chi connectivity index (χ1) is 6.29. The molecule has 0 radical (unpaired) electrons. The number of para-hydroxylation sites is 1. The molecule has 0 saturated heterocycles. The van der Waals surface area contributed by atoms with Crippen molar-refractivity contribution in [3.05, 3.63) is 39.8 Å². The predicted octanol–water partition coefficient (Wildman–Crippen LogP) is 2.73. The van der Waals surface area contributed by atoms with Crippen LogP contribution in [-0.4, -0.2) is 4.49 Å². The molecular formula is C8H5Cl2N2S+. The molecule has 2 rings (SSSR count). The first-order valence-electron chi connectivity index (χ1n) is 3.57. The number of benzene rings is 1. The molecule has 0 amide bonds. The Morgan fingerprint density at radius 3 is 2.38 bits per heavy atom. The van der Waals surface area contributed by atoms with Gasteiger partial charge in [-0.1, -0.05) is 29.8 Å². The van der Waals surface area contributed by atoms with Crippen molar-refractivity contribution in [1.82, 2.24) is 4.49 Å². The van der Waals surface area contributed by atoms with Gasteiger partial charge in [0.1, 0.15) is 0 Å². The summed E-state index contributed by atoms with van der Waals surface area (Å²) in [4.78, 5) is 0. The average Bonchev–Trinajstić information content (AvgIpc) is 2.49. The molecule has 66 valence electrons. The van der Waals surface area contributed by atoms with Gasteiger partial charge in [-0.05, 0) is 16.3 Å². The normalized spacial score (nSPS) is 10.3. The minimum atomic E-state index is 0.456. The molecule has 0 aliphatic rings. The fraction of sp³-hybridized carbons (Fsp3) is 0. The highest BCUT2D eigenvalue weighted by atomic mass is 35.5. The molecular weight excluding hydrogens is 227 g/mol. The Morgan fingerprint density at radius 2 is 1.85 bits per heavy atom. The van der Waals surface area contributed by atoms with Crippen molar-refractivity contribution in [1.29, 1.82) is 0 Å². The Kier molecular flexibility index (Phi) is 2.49. The molecule has 5 heteroatoms. The fourth-order valence-electron chi connectivity index (χ4n) is 0.963. The summed E-state index contributed by atoms with van der Waals surface area (Å²) in [5.74, 6) is 0. The van der Waals surface area contributed by atoms with E-state index in [1.807, 2.05) is 30.3 Å². The van der Waals surface area contributed by atoms with Crippen LogP contribution in [0.1, 0.15) is 0 Å². The first-order valence-corrected chi connectivity index (χ1v) is 5.10. The second kappa shape index (κ2) is 3.62. The van der Waals surface area contributed by atoms with Gasteiger partial charge in [0.05, 0.1) is 16.0 Å². The van der Waals surface area contributed by atoms with Crippen LogP contribution in [0.5, 0.6) is 0 Å². The molecule has 0 aliphatic heterocycles. The van der Waals surface area contributed by atoms with Crippen molar-refractivity contribution in [3.8, 4) is 5.69 Å². The zero-order chi connectivity index (χ0) is 9.26. The van der Waals surface area contributed by atoms with Gasteiger partial charge in [0.2, 0.25) is 10.0 Å². The molecule has 1 heterocycles. The van der Waals surface area contributed by atoms with E-state index in [9.17, 15) is 0 Å². The van der Waals surface area contributed by atoms with E-state index in [1.165, 1.54) is 11.5 Å². The summed E-state index contributed by atoms with van der Waals surface area (Å²) in [6.07, 6.45) is 0. The van der Waals surface area contributed by atoms with Gasteiger partial charge in [-0.2, -0.15) is 0 Å². The van der Waals surface area contributed by atoms with E-state index in [4.69, 9.17) is 23.2 Å². The highest BCUT2D eigenvalue weighted by Gasteiger charge is 2.20. The highest BCUT2D eigenvalue weighted by Crippen LogP contribution is 2.21. The maximum Gasteiger partial charge on any atom is 0.338 e. The molecule has 2 nitrogen and oxygen atoms in total. The van der Waals surface area contributed by atoms with Crippen molar-refractivity contribution < 1.29 is 4.68 Å². The third-order valence-electron chi connectivity index (χ3n) is 1.55. The van der Waals surface area contributed by atoms with Crippen molar-refractivity contribution in [2.24, 2.45) is 0 Å². The van der Waals surface area contributed by atoms with Crippen LogP contribution in [0.15, 0.2) is 30.3 Å². The lowest BCUT2D eigenvalue weighted by Gasteiger charge is -1.86. The molecule has 2 aromatic rings. The van der Waals surface area contributed by atoms with E-state index in [0.29, 0.717) is 9.49 Å². The van der Waals surface area contributed by atoms with Gasteiger partial charge >= 0.3 is 5.15 Å². The van der Waals surface area contributed by atoms with Crippen LogP contribution < -0.4 is 4.68 Å². The predicted molar refractivity (Wildman–Crippen MR) is 53.7 cm³/mol. The summed E-state index contributed by atoms with van der Waals surface area (Å²) >= 11 is 12.9. The van der Waals surface area contributed by atoms with Crippen molar-refractivity contribution in [2.75, 3.05) is 0 Å². The molecule has 13 heavy (non-hydrogen) atoms. The van der Waals surface area contributed by atoms with Gasteiger partial charge < -0.3 is 0 Å². The summed E-state index contributed by atoms with van der Waals surface area (Å²) in [6, 6.07) is 9.62. The van der Waals surface area contributed by atoms with Crippen LogP contribution in [0.25, 0.3) is 5.69 Å². The van der Waals surface area contributed by atoms with Gasteiger partial charge in [0, 0.05) is 12.1 Å². The second-order valence-electron chi connectivity index (χ2n) is 2.38. The Bertz CT molecular complexity index is 413. The molecule has 0 aliphatic carbocycles. The van der Waals surface area contributed by atoms with Gasteiger partial charge in [-0.15, -0.1) is 0 Å². The molecule has 0 atom stereocenters. The maximum absolute atomic E-state index is 5.92. The number of hydrogen-bond donors (Lipinski definition) is 0. The number of hydrogen-bond acceptors (Lipinski definition) is 2. The molecule has 0 unspecified atom stereocenters. The van der Waals surface area contributed by atoms with Gasteiger partial charge in [-0.25, -0.2) is 0 Å². The van der Waals surface area contributed by atoms with E-state index in [-0.39, 0.29) is 0 Å². The summed E-state index contributed by atoms with van der Waals surface area (Å²) in [6.45, 7) is 0. The second-order valence-corrected chi connectivity index (χ2v) is 4.10. The Hall–Kier alpha value is -0.640. The van der Waals surface area contributed by atoms with Crippen LogP contribution in [0.3, 0.4) is 0 Å². The van der Waals surface area contributed by atoms with E-state index in [1.54, 1.807) is 4.68 Å². The Labute approximate surface area is 89.5 Å². The summed E-state index contributed by atoms with van der Waals surface area (Å²) < 4.78 is 6.19. The minimum absolute atomic E-state index is 0.456. The number of halogens is 2. The Morgan fingerprint density at radius 1 is 1.15 bits per heavy atom. The zero-order valence-electron chi connectivity index (χ0n) is 6.45. The lowest BCUT2D eigenvalue weighted by atomic mass is 10.3. The largest absolute Gasteiger partial charge is 0.338 e. The molecule has 0 spiro atoms. The number of rotatable bonds is 1. The molecule has 0 bridgehead atoms. The Balaban J connectivity index is 2.53. The van der Waals surface area contributed by atoms with Crippen LogP contribution >= 0.6 is 34.7 Å². The summed E-state index contributed by atoms with van der Waals surface area (Å²) in [5.41, 5.74) is 0.913. The number of nitrogens with zero attached hydrogens (tertiary/aromatic N) is 2. The summed E-state index contributed by atoms with van der Waals surface area (Å²) in [5, 5.41) is 0.456. The van der Waals surface area contributed by atoms with E-state index < -0.39 is 0 Å². The molecule has 1 aromatic heterocycles. The minimum Gasteiger partial charge on any atom is -0.0621 e. The smallest absolute Gasteiger partial charge is 0.0621 e. The van der Waals surface area contributed by atoms with E-state index >= 15 is 0 Å². The van der Waals surface area contributed by atoms with Gasteiger partial charge in [0.15, 0.2) is 0 Å². The number of aromatic nitrogens is 2. The van der Waals surface area contributed by atoms with Gasteiger partial charge in [0.25, 0.3) is 0 Å². The summed E-state index contributed by atoms with van der Waals surface area (Å²) in [7, 11) is 0. The SMILES string of the molecule is Clc1sn[n+](-c2ccccc2)c1Cl. The van der Waals surface area contributed by atoms with Crippen LogP contribution in [0, 0.1) is 0 Å². The monoisotopic (exact) mass is 231 g/mol. The van der Waals surface area contributed by atoms with Crippen LogP contribution in [0.2, 0.25) is 9.49 Å². The molecule has 1 aromatic carbocycles. The van der Waals surface area contributed by atoms with Crippen LogP contribution in [0.4, 0.5) is 0 Å². The molecule has 0 fully saturated rings. The molecule has 0 saturated carbocycles. The van der Waals surface area contributed by atoms with Crippen LogP contribution in [-0.2, 0) is 0 Å². The average molecular weight is 232 g/mol. The standard InChI is InChI=1S/C8H5Cl2N2S/c9-7-8(10)13-11-12(7)6-4-2-1-3-5-6/h1-5H/q+1. The highest BCUT2D eigenvalue weighted by molar-refractivity contribution is 7.10. The quantitative estimate of drug-likeness (QED) is 0.691. The van der Waals surface area contributed by atoms with Crippen molar-refractivity contribution >= 4 is 34.7 Å². The maximum atomic E-state index is 5.92. The third kappa shape index (κ3) is 1.68. The lowest BCUT2D eigenvalue weighted by Crippen LogP contribution is -2.32. The lowest BCUT2D eigenvalue weighted by molar-refractivity contribution is -0.648. The first kappa shape index (κ1) is 8.94. The fourth-order valence-corrected chi connectivity index (χ4v) is 1.91. The van der Waals surface area contributed by atoms with E-state index in [2.05, 4.69) is 4.49 Å². The van der Waals surface area contributed by atoms with Gasteiger partial charge in [-0.3, -0.25) is 0 Å². The molecule has 0 N–H and O–H groups in total. The topological polar surface area (TPSA) is 16.8 Å². The zero-order valence-corrected chi connectivity index (χ0v) is 8.77. The van der Waals surface area contributed by atoms with E-state index in [0.717, 1.165) is 5.69 Å². The van der Waals surface area contributed by atoms with Crippen molar-refractivity contribution in [2.45, 2.75) is 0 Å².